The van der Waals surface area contributed by atoms with Crippen molar-refractivity contribution >= 4 is 38.4 Å². The third-order valence-corrected chi connectivity index (χ3v) is 6.28. The molecule has 0 spiro atoms. The summed E-state index contributed by atoms with van der Waals surface area (Å²) in [7, 11) is -2.27. The molecule has 0 amide bonds. The number of anilines is 3. The summed E-state index contributed by atoms with van der Waals surface area (Å²) >= 11 is -2.29. The number of sulfonamides is 1. The third kappa shape index (κ3) is 4.94. The van der Waals surface area contributed by atoms with Crippen molar-refractivity contribution in [3.05, 3.63) is 78.4 Å². The second kappa shape index (κ2) is 8.64. The summed E-state index contributed by atoms with van der Waals surface area (Å²) in [5.74, 6) is 0.557. The van der Waals surface area contributed by atoms with Crippen molar-refractivity contribution < 1.29 is 21.9 Å². The fraction of sp³-hybridized carbons (Fsp3) is 0.100. The predicted molar refractivity (Wildman–Crippen MR) is 114 cm³/mol. The number of aryl methyl sites for hydroxylation is 1. The van der Waals surface area contributed by atoms with Crippen LogP contribution in [0.15, 0.2) is 77.7 Å². The van der Waals surface area contributed by atoms with Gasteiger partial charge in [-0.25, -0.2) is 16.9 Å². The summed E-state index contributed by atoms with van der Waals surface area (Å²) in [4.78, 5) is 0.0973. The van der Waals surface area contributed by atoms with Gasteiger partial charge in [0.15, 0.2) is 0 Å². The molecular weight excluding hydrogens is 412 g/mol. The van der Waals surface area contributed by atoms with Gasteiger partial charge in [0.1, 0.15) is 5.75 Å². The van der Waals surface area contributed by atoms with E-state index in [9.17, 15) is 17.2 Å². The van der Waals surface area contributed by atoms with E-state index in [1.54, 1.807) is 36.4 Å². The molecule has 0 aliphatic heterocycles. The van der Waals surface area contributed by atoms with Crippen LogP contribution in [0.5, 0.6) is 5.75 Å². The quantitative estimate of drug-likeness (QED) is 0.549. The predicted octanol–water partition coefficient (Wildman–Crippen LogP) is 4.08. The Labute approximate surface area is 172 Å². The van der Waals surface area contributed by atoms with Crippen molar-refractivity contribution in [1.29, 1.82) is 0 Å². The van der Waals surface area contributed by atoms with Crippen molar-refractivity contribution in [3.8, 4) is 5.75 Å². The molecule has 3 aromatic rings. The van der Waals surface area contributed by atoms with Gasteiger partial charge in [-0.05, 0) is 67.6 Å². The van der Waals surface area contributed by atoms with Crippen LogP contribution >= 0.6 is 0 Å². The Morgan fingerprint density at radius 3 is 1.90 bits per heavy atom. The van der Waals surface area contributed by atoms with Gasteiger partial charge in [-0.1, -0.05) is 17.7 Å². The molecule has 0 aliphatic carbocycles. The molecule has 3 rings (SSSR count). The van der Waals surface area contributed by atoms with Crippen molar-refractivity contribution in [3.63, 3.8) is 0 Å². The molecule has 0 heterocycles. The Morgan fingerprint density at radius 2 is 1.41 bits per heavy atom. The SMILES string of the molecule is COc1ccc(S(=O)(=O)Nc2ccc(N(c3ccc(C)cc3)S(=O)O)cc2)cc1. The zero-order chi connectivity index (χ0) is 21.0. The third-order valence-electron chi connectivity index (χ3n) is 4.15. The lowest BCUT2D eigenvalue weighted by atomic mass is 10.2. The highest BCUT2D eigenvalue weighted by molar-refractivity contribution is 7.92. The van der Waals surface area contributed by atoms with Crippen molar-refractivity contribution in [1.82, 2.24) is 0 Å². The van der Waals surface area contributed by atoms with Gasteiger partial charge in [0.05, 0.1) is 23.4 Å². The topological polar surface area (TPSA) is 95.9 Å². The van der Waals surface area contributed by atoms with E-state index in [1.165, 1.54) is 35.7 Å². The van der Waals surface area contributed by atoms with E-state index in [-0.39, 0.29) is 4.90 Å². The zero-order valence-electron chi connectivity index (χ0n) is 15.8. The number of ether oxygens (including phenoxy) is 1. The number of nitrogens with one attached hydrogen (secondary N) is 1. The fourth-order valence-corrected chi connectivity index (χ4v) is 4.31. The van der Waals surface area contributed by atoms with Crippen LogP contribution < -0.4 is 13.8 Å². The van der Waals surface area contributed by atoms with Crippen LogP contribution in [-0.4, -0.2) is 24.3 Å². The van der Waals surface area contributed by atoms with E-state index in [0.717, 1.165) is 5.56 Å². The maximum atomic E-state index is 12.5. The first-order chi connectivity index (χ1) is 13.8. The summed E-state index contributed by atoms with van der Waals surface area (Å²) in [6.45, 7) is 1.92. The monoisotopic (exact) mass is 432 g/mol. The number of methoxy groups -OCH3 is 1. The normalized spacial score (nSPS) is 12.2. The van der Waals surface area contributed by atoms with Gasteiger partial charge in [0.2, 0.25) is 0 Å². The number of benzene rings is 3. The van der Waals surface area contributed by atoms with Crippen LogP contribution in [0.4, 0.5) is 17.1 Å². The molecule has 3 aromatic carbocycles. The molecule has 0 bridgehead atoms. The maximum absolute atomic E-state index is 12.5. The van der Waals surface area contributed by atoms with Gasteiger partial charge in [-0.2, -0.15) is 0 Å². The number of hydrogen-bond acceptors (Lipinski definition) is 4. The first-order valence-corrected chi connectivity index (χ1v) is 11.1. The Balaban J connectivity index is 1.83. The average molecular weight is 433 g/mol. The Hall–Kier alpha value is -2.88. The fourth-order valence-electron chi connectivity index (χ4n) is 2.64. The van der Waals surface area contributed by atoms with E-state index < -0.39 is 21.3 Å². The molecule has 0 saturated carbocycles. The minimum Gasteiger partial charge on any atom is -0.497 e. The summed E-state index contributed by atoms with van der Waals surface area (Å²) in [5, 5.41) is 0. The smallest absolute Gasteiger partial charge is 0.266 e. The van der Waals surface area contributed by atoms with Gasteiger partial charge in [-0.15, -0.1) is 0 Å². The van der Waals surface area contributed by atoms with E-state index >= 15 is 0 Å². The average Bonchev–Trinajstić information content (AvgIpc) is 2.70. The van der Waals surface area contributed by atoms with Gasteiger partial charge >= 0.3 is 0 Å². The molecule has 152 valence electrons. The lowest BCUT2D eigenvalue weighted by Crippen LogP contribution is -2.19. The zero-order valence-corrected chi connectivity index (χ0v) is 17.4. The van der Waals surface area contributed by atoms with Crippen molar-refractivity contribution in [2.24, 2.45) is 0 Å². The standard InChI is InChI=1S/C20H20N2O5S2/c1-15-3-7-17(8-4-15)22(28(23)24)18-9-5-16(6-10-18)21-29(25,26)20-13-11-19(27-2)12-14-20/h3-14,21H,1-2H3,(H,23,24). The minimum atomic E-state index is -3.77. The van der Waals surface area contributed by atoms with Crippen molar-refractivity contribution in [2.45, 2.75) is 11.8 Å². The van der Waals surface area contributed by atoms with Crippen LogP contribution in [0.3, 0.4) is 0 Å². The molecule has 1 atom stereocenters. The van der Waals surface area contributed by atoms with Gasteiger partial charge in [0, 0.05) is 5.69 Å². The Bertz CT molecular complexity index is 1100. The maximum Gasteiger partial charge on any atom is 0.266 e. The molecule has 0 aromatic heterocycles. The molecule has 0 fully saturated rings. The molecule has 29 heavy (non-hydrogen) atoms. The second-order valence-corrected chi connectivity index (χ2v) is 8.70. The van der Waals surface area contributed by atoms with E-state index in [0.29, 0.717) is 22.8 Å². The molecule has 0 saturated heterocycles. The number of nitrogens with zero attached hydrogens (tertiary/aromatic N) is 1. The highest BCUT2D eigenvalue weighted by Gasteiger charge is 2.17. The van der Waals surface area contributed by atoms with Gasteiger partial charge in [-0.3, -0.25) is 9.27 Å². The Kier molecular flexibility index (Phi) is 6.21. The second-order valence-electron chi connectivity index (χ2n) is 6.19. The highest BCUT2D eigenvalue weighted by Crippen LogP contribution is 2.29. The van der Waals surface area contributed by atoms with E-state index in [1.807, 2.05) is 19.1 Å². The van der Waals surface area contributed by atoms with Gasteiger partial charge < -0.3 is 4.74 Å². The van der Waals surface area contributed by atoms with Crippen molar-refractivity contribution in [2.75, 3.05) is 16.1 Å². The van der Waals surface area contributed by atoms with Crippen LogP contribution in [0, 0.1) is 6.92 Å². The first kappa shape index (κ1) is 20.8. The Morgan fingerprint density at radius 1 is 0.897 bits per heavy atom. The van der Waals surface area contributed by atoms with E-state index in [4.69, 9.17) is 4.74 Å². The van der Waals surface area contributed by atoms with Crippen LogP contribution in [-0.2, 0) is 21.3 Å². The molecule has 0 radical (unpaired) electrons. The van der Waals surface area contributed by atoms with Crippen LogP contribution in [0.1, 0.15) is 5.56 Å². The lowest BCUT2D eigenvalue weighted by molar-refractivity contribution is 0.414. The highest BCUT2D eigenvalue weighted by atomic mass is 32.2. The number of hydrogen-bond donors (Lipinski definition) is 2. The summed E-state index contributed by atoms with van der Waals surface area (Å²) in [6.07, 6.45) is 0. The van der Waals surface area contributed by atoms with Gasteiger partial charge in [0.25, 0.3) is 21.3 Å². The molecule has 1 unspecified atom stereocenters. The van der Waals surface area contributed by atoms with E-state index in [2.05, 4.69) is 4.72 Å². The largest absolute Gasteiger partial charge is 0.497 e. The minimum absolute atomic E-state index is 0.0973. The molecular formula is C20H20N2O5S2. The van der Waals surface area contributed by atoms with Crippen LogP contribution in [0.2, 0.25) is 0 Å². The summed E-state index contributed by atoms with van der Waals surface area (Å²) < 4.78 is 55.4. The summed E-state index contributed by atoms with van der Waals surface area (Å²) in [5.41, 5.74) is 2.35. The molecule has 9 heteroatoms. The summed E-state index contributed by atoms with van der Waals surface area (Å²) in [6, 6.07) is 19.4. The molecule has 2 N–H and O–H groups in total. The molecule has 7 nitrogen and oxygen atoms in total. The first-order valence-electron chi connectivity index (χ1n) is 8.55. The lowest BCUT2D eigenvalue weighted by Gasteiger charge is -2.20. The van der Waals surface area contributed by atoms with Crippen LogP contribution in [0.25, 0.3) is 0 Å². The molecule has 0 aliphatic rings. The number of rotatable bonds is 7.